The molecule has 1 rings (SSSR count). The van der Waals surface area contributed by atoms with Crippen LogP contribution in [0.5, 0.6) is 0 Å². The number of aliphatic hydroxyl groups is 1. The van der Waals surface area contributed by atoms with Gasteiger partial charge in [0.25, 0.3) is 0 Å². The zero-order valence-electron chi connectivity index (χ0n) is 11.0. The van der Waals surface area contributed by atoms with Crippen molar-refractivity contribution in [3.8, 4) is 11.8 Å². The first-order chi connectivity index (χ1) is 9.07. The molecule has 0 aliphatic heterocycles. The Kier molecular flexibility index (Phi) is 6.57. The summed E-state index contributed by atoms with van der Waals surface area (Å²) in [4.78, 5) is 0. The molecule has 19 heavy (non-hydrogen) atoms. The van der Waals surface area contributed by atoms with Crippen LogP contribution in [-0.2, 0) is 16.6 Å². The lowest BCUT2D eigenvalue weighted by Gasteiger charge is -2.05. The first-order valence-corrected chi connectivity index (χ1v) is 7.88. The third kappa shape index (κ3) is 6.39. The molecule has 0 aliphatic carbocycles. The summed E-state index contributed by atoms with van der Waals surface area (Å²) in [6, 6.07) is 7.37. The van der Waals surface area contributed by atoms with Crippen LogP contribution in [0.15, 0.2) is 24.3 Å². The summed E-state index contributed by atoms with van der Waals surface area (Å²) in [6.07, 6.45) is 1.06. The molecular weight excluding hydrogens is 262 g/mol. The van der Waals surface area contributed by atoms with Gasteiger partial charge in [0, 0.05) is 18.5 Å². The fourth-order valence-electron chi connectivity index (χ4n) is 1.46. The number of sulfonamides is 1. The zero-order valence-corrected chi connectivity index (χ0v) is 11.8. The highest BCUT2D eigenvalue weighted by Crippen LogP contribution is 2.04. The van der Waals surface area contributed by atoms with Gasteiger partial charge < -0.3 is 5.11 Å². The average Bonchev–Trinajstić information content (AvgIpc) is 2.38. The van der Waals surface area contributed by atoms with Crippen LogP contribution in [0, 0.1) is 11.8 Å². The van der Waals surface area contributed by atoms with Crippen LogP contribution < -0.4 is 4.72 Å². The Morgan fingerprint density at radius 3 is 2.53 bits per heavy atom. The van der Waals surface area contributed by atoms with Crippen molar-refractivity contribution in [1.82, 2.24) is 4.72 Å². The molecular formula is C14H19NO3S. The van der Waals surface area contributed by atoms with E-state index < -0.39 is 10.0 Å². The first kappa shape index (κ1) is 15.7. The topological polar surface area (TPSA) is 66.4 Å². The van der Waals surface area contributed by atoms with Crippen molar-refractivity contribution in [2.45, 2.75) is 26.3 Å². The van der Waals surface area contributed by atoms with E-state index in [1.807, 2.05) is 31.2 Å². The second kappa shape index (κ2) is 7.95. The van der Waals surface area contributed by atoms with Gasteiger partial charge in [-0.3, -0.25) is 0 Å². The van der Waals surface area contributed by atoms with Crippen LogP contribution >= 0.6 is 0 Å². The van der Waals surface area contributed by atoms with Crippen molar-refractivity contribution >= 4 is 10.0 Å². The maximum Gasteiger partial charge on any atom is 0.211 e. The van der Waals surface area contributed by atoms with Crippen LogP contribution in [0.1, 0.15) is 30.9 Å². The lowest BCUT2D eigenvalue weighted by atomic mass is 10.1. The normalized spacial score (nSPS) is 10.8. The molecule has 5 heteroatoms. The van der Waals surface area contributed by atoms with E-state index in [4.69, 9.17) is 5.11 Å². The second-order valence-electron chi connectivity index (χ2n) is 4.11. The smallest absolute Gasteiger partial charge is 0.211 e. The Labute approximate surface area is 114 Å². The van der Waals surface area contributed by atoms with Gasteiger partial charge in [-0.05, 0) is 24.1 Å². The summed E-state index contributed by atoms with van der Waals surface area (Å²) < 4.78 is 25.5. The fraction of sp³-hybridized carbons (Fsp3) is 0.429. The van der Waals surface area contributed by atoms with Gasteiger partial charge in [0.2, 0.25) is 10.0 Å². The van der Waals surface area contributed by atoms with E-state index in [-0.39, 0.29) is 12.4 Å². The van der Waals surface area contributed by atoms with Crippen molar-refractivity contribution in [3.05, 3.63) is 35.4 Å². The van der Waals surface area contributed by atoms with Gasteiger partial charge in [0.1, 0.15) is 0 Å². The molecule has 0 saturated heterocycles. The van der Waals surface area contributed by atoms with Gasteiger partial charge in [0.05, 0.1) is 12.4 Å². The number of rotatable bonds is 6. The summed E-state index contributed by atoms with van der Waals surface area (Å²) in [7, 11) is -3.16. The number of hydrogen-bond donors (Lipinski definition) is 2. The summed E-state index contributed by atoms with van der Waals surface area (Å²) in [5.41, 5.74) is 1.75. The SMILES string of the molecule is CCCS(=O)(=O)NCc1ccc(C#CCCO)cc1. The van der Waals surface area contributed by atoms with E-state index in [0.29, 0.717) is 19.4 Å². The van der Waals surface area contributed by atoms with E-state index in [2.05, 4.69) is 16.6 Å². The van der Waals surface area contributed by atoms with Crippen molar-refractivity contribution < 1.29 is 13.5 Å². The Hall–Kier alpha value is -1.35. The van der Waals surface area contributed by atoms with E-state index in [1.165, 1.54) is 0 Å². The highest BCUT2D eigenvalue weighted by atomic mass is 32.2. The van der Waals surface area contributed by atoms with Gasteiger partial charge >= 0.3 is 0 Å². The Morgan fingerprint density at radius 2 is 1.95 bits per heavy atom. The minimum Gasteiger partial charge on any atom is -0.395 e. The van der Waals surface area contributed by atoms with Gasteiger partial charge in [-0.1, -0.05) is 30.9 Å². The third-order valence-electron chi connectivity index (χ3n) is 2.39. The minimum atomic E-state index is -3.16. The fourth-order valence-corrected chi connectivity index (χ4v) is 2.53. The molecule has 1 aromatic carbocycles. The Morgan fingerprint density at radius 1 is 1.26 bits per heavy atom. The quantitative estimate of drug-likeness (QED) is 0.771. The molecule has 104 valence electrons. The standard InChI is InChI=1S/C14H19NO3S/c1-2-11-19(17,18)15-12-14-8-6-13(7-9-14)5-3-4-10-16/h6-9,15-16H,2,4,10-12H2,1H3. The van der Waals surface area contributed by atoms with Crippen LogP contribution in [0.4, 0.5) is 0 Å². The molecule has 0 fully saturated rings. The van der Waals surface area contributed by atoms with Crippen LogP contribution in [0.2, 0.25) is 0 Å². The minimum absolute atomic E-state index is 0.0598. The summed E-state index contributed by atoms with van der Waals surface area (Å²) in [6.45, 7) is 2.19. The zero-order chi connectivity index (χ0) is 14.1. The van der Waals surface area contributed by atoms with Gasteiger partial charge in [-0.25, -0.2) is 13.1 Å². The number of hydrogen-bond acceptors (Lipinski definition) is 3. The molecule has 1 aromatic rings. The van der Waals surface area contributed by atoms with Crippen molar-refractivity contribution in [2.24, 2.45) is 0 Å². The highest BCUT2D eigenvalue weighted by molar-refractivity contribution is 7.89. The molecule has 0 atom stereocenters. The predicted octanol–water partition coefficient (Wildman–Crippen LogP) is 1.25. The second-order valence-corrected chi connectivity index (χ2v) is 6.04. The van der Waals surface area contributed by atoms with Crippen molar-refractivity contribution in [1.29, 1.82) is 0 Å². The summed E-state index contributed by atoms with van der Waals surface area (Å²) >= 11 is 0. The molecule has 0 aromatic heterocycles. The van der Waals surface area contributed by atoms with E-state index >= 15 is 0 Å². The number of nitrogens with one attached hydrogen (secondary N) is 1. The molecule has 0 radical (unpaired) electrons. The maximum atomic E-state index is 11.5. The van der Waals surface area contributed by atoms with Gasteiger partial charge in [-0.2, -0.15) is 0 Å². The van der Waals surface area contributed by atoms with Crippen molar-refractivity contribution in [3.63, 3.8) is 0 Å². The Bertz CT molecular complexity index is 538. The van der Waals surface area contributed by atoms with Crippen LogP contribution in [0.25, 0.3) is 0 Å². The van der Waals surface area contributed by atoms with Gasteiger partial charge in [0.15, 0.2) is 0 Å². The summed E-state index contributed by atoms with van der Waals surface area (Å²) in [5, 5.41) is 8.61. The Balaban J connectivity index is 2.56. The predicted molar refractivity (Wildman–Crippen MR) is 75.9 cm³/mol. The average molecular weight is 281 g/mol. The molecule has 0 heterocycles. The molecule has 0 amide bonds. The largest absolute Gasteiger partial charge is 0.395 e. The lowest BCUT2D eigenvalue weighted by Crippen LogP contribution is -2.25. The maximum absolute atomic E-state index is 11.5. The molecule has 0 saturated carbocycles. The summed E-state index contributed by atoms with van der Waals surface area (Å²) in [5.74, 6) is 5.90. The molecule has 0 spiro atoms. The van der Waals surface area contributed by atoms with E-state index in [9.17, 15) is 8.42 Å². The van der Waals surface area contributed by atoms with Crippen molar-refractivity contribution in [2.75, 3.05) is 12.4 Å². The lowest BCUT2D eigenvalue weighted by molar-refractivity contribution is 0.305. The van der Waals surface area contributed by atoms with Crippen LogP contribution in [-0.4, -0.2) is 25.9 Å². The molecule has 4 nitrogen and oxygen atoms in total. The third-order valence-corrected chi connectivity index (χ3v) is 3.92. The number of aliphatic hydroxyl groups excluding tert-OH is 1. The first-order valence-electron chi connectivity index (χ1n) is 6.23. The van der Waals surface area contributed by atoms with E-state index in [0.717, 1.165) is 11.1 Å². The molecule has 2 N–H and O–H groups in total. The number of benzene rings is 1. The van der Waals surface area contributed by atoms with Gasteiger partial charge in [-0.15, -0.1) is 0 Å². The highest BCUT2D eigenvalue weighted by Gasteiger charge is 2.07. The molecule has 0 aliphatic rings. The molecule has 0 unspecified atom stereocenters. The monoisotopic (exact) mass is 281 g/mol. The molecule has 0 bridgehead atoms. The van der Waals surface area contributed by atoms with E-state index in [1.54, 1.807) is 0 Å². The van der Waals surface area contributed by atoms with Crippen LogP contribution in [0.3, 0.4) is 0 Å².